The first-order chi connectivity index (χ1) is 19.1. The van der Waals surface area contributed by atoms with Crippen molar-refractivity contribution >= 4 is 37.1 Å². The monoisotopic (exact) mass is 660 g/mol. The Kier molecular flexibility index (Phi) is 19.5. The zero-order valence-electron chi connectivity index (χ0n) is 21.8. The van der Waals surface area contributed by atoms with Crippen molar-refractivity contribution in [2.45, 2.75) is 0 Å². The Morgan fingerprint density at radius 2 is 0.725 bits per heavy atom. The fourth-order valence-electron chi connectivity index (χ4n) is 4.04. The van der Waals surface area contributed by atoms with Crippen LogP contribution in [0.25, 0.3) is 0 Å². The molecular weight excluding hydrogens is 627 g/mol. The average Bonchev–Trinajstić information content (AvgIpc) is 3.59. The van der Waals surface area contributed by atoms with Crippen LogP contribution in [-0.2, 0) is 25.7 Å². The second-order valence-corrected chi connectivity index (χ2v) is 13.3. The second kappa shape index (κ2) is 22.0. The number of rotatable bonds is 7. The molecule has 0 spiro atoms. The number of benzene rings is 4. The Morgan fingerprint density at radius 1 is 0.500 bits per heavy atom. The van der Waals surface area contributed by atoms with Crippen molar-refractivity contribution in [3.8, 4) is 0 Å². The van der Waals surface area contributed by atoms with E-state index in [9.17, 15) is 13.2 Å². The molecule has 0 bridgehead atoms. The van der Waals surface area contributed by atoms with Crippen LogP contribution in [0.5, 0.6) is 0 Å². The first-order valence-electron chi connectivity index (χ1n) is 12.3. The van der Waals surface area contributed by atoms with Gasteiger partial charge in [0.25, 0.3) is 0 Å². The molecule has 1 nitrogen and oxygen atoms in total. The summed E-state index contributed by atoms with van der Waals surface area (Å²) in [6, 6.07) is 54.5. The average molecular weight is 658 g/mol. The van der Waals surface area contributed by atoms with Crippen molar-refractivity contribution in [3.63, 3.8) is 0 Å². The molecule has 0 atom stereocenters. The van der Waals surface area contributed by atoms with Crippen LogP contribution in [0.15, 0.2) is 152 Å². The minimum Gasteiger partial charge on any atom is -0.214 e. The molecule has 206 valence electrons. The number of hydrogen-bond acceptors (Lipinski definition) is 0. The van der Waals surface area contributed by atoms with Gasteiger partial charge in [-0.25, -0.2) is 12.1 Å². The predicted molar refractivity (Wildman–Crippen MR) is 163 cm³/mol. The molecule has 0 aromatic heterocycles. The summed E-state index contributed by atoms with van der Waals surface area (Å²) in [6.07, 6.45) is 2.52. The van der Waals surface area contributed by atoms with Crippen LogP contribution in [-0.4, -0.2) is 12.3 Å². The smallest absolute Gasteiger partial charge is 0.101 e. The van der Waals surface area contributed by atoms with E-state index in [2.05, 4.69) is 128 Å². The Morgan fingerprint density at radius 3 is 0.900 bits per heavy atom. The molecular formula is C33H31F3MoOP2. The molecule has 7 heteroatoms. The normalized spacial score (nSPS) is 9.70. The van der Waals surface area contributed by atoms with Crippen LogP contribution in [0.1, 0.15) is 0 Å². The number of hydrogen-bond donors (Lipinski definition) is 0. The molecule has 0 aliphatic heterocycles. The molecule has 0 N–H and O–H groups in total. The third kappa shape index (κ3) is 13.6. The van der Waals surface area contributed by atoms with E-state index in [1.165, 1.54) is 33.5 Å². The van der Waals surface area contributed by atoms with Crippen molar-refractivity contribution in [2.75, 3.05) is 12.3 Å². The zero-order valence-corrected chi connectivity index (χ0v) is 25.8. The van der Waals surface area contributed by atoms with Crippen molar-refractivity contribution in [1.29, 1.82) is 0 Å². The Balaban J connectivity index is 0.000000567. The van der Waals surface area contributed by atoms with Gasteiger partial charge in [0.1, 0.15) is 12.3 Å². The van der Waals surface area contributed by atoms with Crippen molar-refractivity contribution in [1.82, 2.24) is 0 Å². The van der Waals surface area contributed by atoms with Gasteiger partial charge in [0.15, 0.2) is 6.68 Å². The quantitative estimate of drug-likeness (QED) is 0.0751. The summed E-state index contributed by atoms with van der Waals surface area (Å²) in [4.78, 5) is 0. The van der Waals surface area contributed by atoms with Crippen LogP contribution >= 0.6 is 15.8 Å². The predicted octanol–water partition coefficient (Wildman–Crippen LogP) is 7.42. The molecule has 5 aromatic rings. The summed E-state index contributed by atoms with van der Waals surface area (Å²) in [6.45, 7) is 1.42. The van der Waals surface area contributed by atoms with Crippen molar-refractivity contribution < 1.29 is 38.9 Å². The van der Waals surface area contributed by atoms with Gasteiger partial charge in [0.2, 0.25) is 0 Å². The third-order valence-corrected chi connectivity index (χ3v) is 11.8. The van der Waals surface area contributed by atoms with Crippen LogP contribution in [0.3, 0.4) is 0 Å². The third-order valence-electron chi connectivity index (χ3n) is 5.67. The van der Waals surface area contributed by atoms with Crippen LogP contribution in [0, 0.1) is 13.3 Å². The summed E-state index contributed by atoms with van der Waals surface area (Å²) in [5.74, 6) is 0. The van der Waals surface area contributed by atoms with E-state index in [0.717, 1.165) is 0 Å². The maximum Gasteiger partial charge on any atom is 0.101 e. The molecule has 0 amide bonds. The Bertz CT molecular complexity index is 1080. The molecule has 0 heterocycles. The van der Waals surface area contributed by atoms with Crippen LogP contribution < -0.4 is 21.2 Å². The maximum absolute atomic E-state index is 9.58. The minimum atomic E-state index is -3.08. The van der Waals surface area contributed by atoms with E-state index in [1.54, 1.807) is 0 Å². The molecule has 0 saturated carbocycles. The van der Waals surface area contributed by atoms with Gasteiger partial charge in [-0.2, -0.15) is 18.2 Å². The first kappa shape index (κ1) is 35.3. The summed E-state index contributed by atoms with van der Waals surface area (Å²) in [5.41, 5.74) is 0. The summed E-state index contributed by atoms with van der Waals surface area (Å²) in [5, 5.41) is 6.06. The molecule has 40 heavy (non-hydrogen) atoms. The SMILES string of the molecule is F[C-](F)F.[C-]#[O+].[Mo].c1cc[cH-]c1.c1ccc([PH+](CC[PH+](c2ccccc2)c2ccccc2)c2ccccc2)cc1. The van der Waals surface area contributed by atoms with Crippen LogP contribution in [0.2, 0.25) is 0 Å². The summed E-state index contributed by atoms with van der Waals surface area (Å²) in [7, 11) is -1.57. The largest absolute Gasteiger partial charge is 0.214 e. The van der Waals surface area contributed by atoms with E-state index < -0.39 is 22.5 Å². The van der Waals surface area contributed by atoms with Gasteiger partial charge in [0, 0.05) is 21.1 Å². The molecule has 0 aliphatic rings. The van der Waals surface area contributed by atoms with Crippen LogP contribution in [0.4, 0.5) is 13.2 Å². The van der Waals surface area contributed by atoms with Crippen molar-refractivity contribution in [3.05, 3.63) is 165 Å². The molecule has 0 radical (unpaired) electrons. The first-order valence-corrected chi connectivity index (χ1v) is 15.7. The van der Waals surface area contributed by atoms with E-state index in [-0.39, 0.29) is 21.1 Å². The molecule has 0 saturated heterocycles. The van der Waals surface area contributed by atoms with Gasteiger partial charge >= 0.3 is 11.3 Å². The summed E-state index contributed by atoms with van der Waals surface area (Å²) < 4.78 is 36.2. The van der Waals surface area contributed by atoms with Gasteiger partial charge in [-0.05, 0) is 48.5 Å². The van der Waals surface area contributed by atoms with E-state index in [1.807, 2.05) is 30.3 Å². The van der Waals surface area contributed by atoms with E-state index >= 15 is 0 Å². The fourth-order valence-corrected chi connectivity index (χ4v) is 10.2. The topological polar surface area (TPSA) is 19.9 Å². The second-order valence-electron chi connectivity index (χ2n) is 8.10. The van der Waals surface area contributed by atoms with E-state index in [4.69, 9.17) is 4.65 Å². The van der Waals surface area contributed by atoms with Crippen molar-refractivity contribution in [2.24, 2.45) is 0 Å². The molecule has 5 rings (SSSR count). The van der Waals surface area contributed by atoms with Gasteiger partial charge < -0.3 is 13.2 Å². The summed E-state index contributed by atoms with van der Waals surface area (Å²) >= 11 is 0. The fraction of sp³-hybridized carbons (Fsp3) is 0.0606. The van der Waals surface area contributed by atoms with Gasteiger partial charge in [0.05, 0.1) is 37.1 Å². The van der Waals surface area contributed by atoms with E-state index in [0.29, 0.717) is 0 Å². The zero-order chi connectivity index (χ0) is 28.1. The standard InChI is InChI=1S/C26H24P2.C5H5.CF3.CO.Mo/c1-5-13-23(14-6-1)27(24-15-7-2-8-16-24)21-22-28(25-17-9-3-10-18-25)26-19-11-4-12-20-26;1-2-4-5-3-1;2-1(3)4;1-2;/h1-20H,21-22H2;1-5H;;;/q;2*-1;;/p+2. The molecule has 0 unspecified atom stereocenters. The Hall–Kier alpha value is -2.69. The molecule has 0 aliphatic carbocycles. The molecule has 5 aromatic carbocycles. The van der Waals surface area contributed by atoms with Gasteiger partial charge in [-0.1, -0.05) is 72.8 Å². The number of halogens is 3. The van der Waals surface area contributed by atoms with Gasteiger partial charge in [-0.15, -0.1) is 0 Å². The maximum atomic E-state index is 9.58. The molecule has 0 fully saturated rings. The minimum absolute atomic E-state index is 0. The Labute approximate surface area is 252 Å². The van der Waals surface area contributed by atoms with Gasteiger partial charge in [-0.3, -0.25) is 0 Å².